The first-order chi connectivity index (χ1) is 9.32. The Bertz CT molecular complexity index is 601. The first-order valence-electron chi connectivity index (χ1n) is 6.62. The summed E-state index contributed by atoms with van der Waals surface area (Å²) in [4.78, 5) is 2.20. The summed E-state index contributed by atoms with van der Waals surface area (Å²) in [7, 11) is -3.77. The first-order valence-corrected chi connectivity index (χ1v) is 8.17. The van der Waals surface area contributed by atoms with Crippen LogP contribution in [-0.4, -0.2) is 34.2 Å². The topological polar surface area (TPSA) is 98.6 Å². The minimum atomic E-state index is -3.77. The fraction of sp³-hybridized carbons (Fsp3) is 0.538. The molecule has 1 aliphatic rings. The van der Waals surface area contributed by atoms with E-state index in [1.165, 1.54) is 6.07 Å². The predicted octanol–water partition coefficient (Wildman–Crippen LogP) is 0.840. The van der Waals surface area contributed by atoms with Crippen molar-refractivity contribution in [2.24, 2.45) is 5.14 Å². The van der Waals surface area contributed by atoms with Crippen LogP contribution in [0.25, 0.3) is 0 Å². The average Bonchev–Trinajstić information content (AvgIpc) is 2.40. The van der Waals surface area contributed by atoms with Crippen molar-refractivity contribution < 1.29 is 13.2 Å². The highest BCUT2D eigenvalue weighted by Gasteiger charge is 2.23. The summed E-state index contributed by atoms with van der Waals surface area (Å²) in [6.45, 7) is 5.88. The van der Waals surface area contributed by atoms with Crippen LogP contribution in [0.5, 0.6) is 0 Å². The van der Waals surface area contributed by atoms with Crippen LogP contribution in [0.15, 0.2) is 17.0 Å². The highest BCUT2D eigenvalue weighted by molar-refractivity contribution is 7.89. The number of primary sulfonamides is 1. The van der Waals surface area contributed by atoms with Crippen LogP contribution in [0.4, 0.5) is 11.4 Å². The molecule has 0 aliphatic carbocycles. The van der Waals surface area contributed by atoms with Gasteiger partial charge in [-0.25, -0.2) is 13.6 Å². The van der Waals surface area contributed by atoms with Gasteiger partial charge in [0.05, 0.1) is 17.6 Å². The lowest BCUT2D eigenvalue weighted by Gasteiger charge is -2.35. The fourth-order valence-electron chi connectivity index (χ4n) is 2.50. The number of ether oxygens (including phenoxy) is 1. The highest BCUT2D eigenvalue weighted by atomic mass is 32.2. The van der Waals surface area contributed by atoms with E-state index in [-0.39, 0.29) is 11.0 Å². The molecule has 0 spiro atoms. The molecular formula is C13H21N3O3S. The summed E-state index contributed by atoms with van der Waals surface area (Å²) in [6.07, 6.45) is 1.07. The summed E-state index contributed by atoms with van der Waals surface area (Å²) < 4.78 is 28.9. The molecule has 1 aliphatic heterocycles. The van der Waals surface area contributed by atoms with Gasteiger partial charge in [-0.15, -0.1) is 0 Å². The average molecular weight is 299 g/mol. The summed E-state index contributed by atoms with van der Waals surface area (Å²) in [6, 6.07) is 3.20. The zero-order chi connectivity index (χ0) is 14.9. The Labute approximate surface area is 119 Å². The van der Waals surface area contributed by atoms with Gasteiger partial charge in [-0.05, 0) is 31.0 Å². The molecule has 0 bridgehead atoms. The molecule has 0 radical (unpaired) electrons. The normalized spacial score (nSPS) is 20.1. The van der Waals surface area contributed by atoms with Gasteiger partial charge in [0.15, 0.2) is 0 Å². The number of nitrogens with two attached hydrogens (primary N) is 2. The van der Waals surface area contributed by atoms with Crippen molar-refractivity contribution in [2.45, 2.75) is 31.3 Å². The summed E-state index contributed by atoms with van der Waals surface area (Å²) >= 11 is 0. The number of nitrogens with zero attached hydrogens (tertiary/aromatic N) is 1. The second kappa shape index (κ2) is 5.59. The zero-order valence-electron chi connectivity index (χ0n) is 11.8. The third-order valence-electron chi connectivity index (χ3n) is 3.60. The maximum atomic E-state index is 11.6. The van der Waals surface area contributed by atoms with Gasteiger partial charge in [0.1, 0.15) is 0 Å². The van der Waals surface area contributed by atoms with Gasteiger partial charge in [0, 0.05) is 24.5 Å². The Morgan fingerprint density at radius 1 is 1.45 bits per heavy atom. The van der Waals surface area contributed by atoms with Crippen LogP contribution >= 0.6 is 0 Å². The van der Waals surface area contributed by atoms with Gasteiger partial charge in [-0.1, -0.05) is 6.92 Å². The zero-order valence-corrected chi connectivity index (χ0v) is 12.6. The molecule has 7 heteroatoms. The first kappa shape index (κ1) is 15.1. The lowest BCUT2D eigenvalue weighted by atomic mass is 10.1. The number of rotatable bonds is 3. The minimum absolute atomic E-state index is 0.0899. The van der Waals surface area contributed by atoms with Crippen molar-refractivity contribution in [2.75, 3.05) is 30.3 Å². The van der Waals surface area contributed by atoms with Crippen LogP contribution in [0.2, 0.25) is 0 Å². The van der Waals surface area contributed by atoms with Crippen LogP contribution in [-0.2, 0) is 14.8 Å². The predicted molar refractivity (Wildman–Crippen MR) is 79.2 cm³/mol. The Balaban J connectivity index is 2.44. The van der Waals surface area contributed by atoms with E-state index in [1.807, 2.05) is 0 Å². The Hall–Kier alpha value is -1.31. The maximum Gasteiger partial charge on any atom is 0.238 e. The van der Waals surface area contributed by atoms with E-state index in [2.05, 4.69) is 11.8 Å². The van der Waals surface area contributed by atoms with Gasteiger partial charge >= 0.3 is 0 Å². The van der Waals surface area contributed by atoms with Gasteiger partial charge in [0.2, 0.25) is 10.0 Å². The monoisotopic (exact) mass is 299 g/mol. The van der Waals surface area contributed by atoms with E-state index in [0.717, 1.165) is 18.7 Å². The molecule has 1 saturated heterocycles. The third-order valence-corrected chi connectivity index (χ3v) is 4.63. The van der Waals surface area contributed by atoms with Crippen molar-refractivity contribution in [3.8, 4) is 0 Å². The van der Waals surface area contributed by atoms with Crippen molar-refractivity contribution in [1.82, 2.24) is 0 Å². The number of sulfonamides is 1. The Morgan fingerprint density at radius 3 is 2.75 bits per heavy atom. The maximum absolute atomic E-state index is 11.6. The quantitative estimate of drug-likeness (QED) is 0.806. The second-order valence-corrected chi connectivity index (χ2v) is 6.59. The van der Waals surface area contributed by atoms with Crippen molar-refractivity contribution in [3.05, 3.63) is 17.7 Å². The Kier molecular flexibility index (Phi) is 4.22. The molecule has 4 N–H and O–H groups in total. The molecule has 112 valence electrons. The lowest BCUT2D eigenvalue weighted by molar-refractivity contribution is 0.0384. The molecule has 0 aromatic heterocycles. The molecule has 2 rings (SSSR count). The number of hydrogen-bond acceptors (Lipinski definition) is 5. The Morgan fingerprint density at radius 2 is 2.15 bits per heavy atom. The smallest absolute Gasteiger partial charge is 0.238 e. The van der Waals surface area contributed by atoms with Gasteiger partial charge in [-0.2, -0.15) is 0 Å². The number of benzene rings is 1. The van der Waals surface area contributed by atoms with E-state index in [9.17, 15) is 8.42 Å². The van der Waals surface area contributed by atoms with Crippen LogP contribution in [0, 0.1) is 6.92 Å². The van der Waals surface area contributed by atoms with Gasteiger partial charge < -0.3 is 15.4 Å². The summed E-state index contributed by atoms with van der Waals surface area (Å²) in [5.41, 5.74) is 7.67. The van der Waals surface area contributed by atoms with Gasteiger partial charge in [0.25, 0.3) is 0 Å². The number of anilines is 2. The van der Waals surface area contributed by atoms with Gasteiger partial charge in [-0.3, -0.25) is 0 Å². The standard InChI is InChI=1S/C13H21N3O3S/c1-3-11-8-16(4-5-19-11)12-6-10(14)7-13(9(12)2)20(15,17)18/h6-7,11H,3-5,8,14H2,1-2H3,(H2,15,17,18). The third kappa shape index (κ3) is 3.05. The molecule has 0 amide bonds. The van der Waals surface area contributed by atoms with E-state index in [1.54, 1.807) is 13.0 Å². The second-order valence-electron chi connectivity index (χ2n) is 5.06. The molecular weight excluding hydrogens is 278 g/mol. The molecule has 0 saturated carbocycles. The minimum Gasteiger partial charge on any atom is -0.399 e. The van der Waals surface area contributed by atoms with E-state index < -0.39 is 10.0 Å². The number of nitrogen functional groups attached to an aromatic ring is 1. The molecule has 6 nitrogen and oxygen atoms in total. The van der Waals surface area contributed by atoms with E-state index in [4.69, 9.17) is 15.6 Å². The highest BCUT2D eigenvalue weighted by Crippen LogP contribution is 2.30. The van der Waals surface area contributed by atoms with Crippen LogP contribution in [0.3, 0.4) is 0 Å². The SMILES string of the molecule is CCC1CN(c2cc(N)cc(S(N)(=O)=O)c2C)CCO1. The molecule has 20 heavy (non-hydrogen) atoms. The number of hydrogen-bond donors (Lipinski definition) is 2. The molecule has 1 aromatic rings. The molecule has 1 heterocycles. The lowest BCUT2D eigenvalue weighted by Crippen LogP contribution is -2.42. The van der Waals surface area contributed by atoms with Crippen LogP contribution in [0.1, 0.15) is 18.9 Å². The largest absolute Gasteiger partial charge is 0.399 e. The molecule has 1 fully saturated rings. The van der Waals surface area contributed by atoms with Crippen molar-refractivity contribution in [3.63, 3.8) is 0 Å². The summed E-state index contributed by atoms with van der Waals surface area (Å²) in [5, 5.41) is 5.25. The van der Waals surface area contributed by atoms with Crippen molar-refractivity contribution in [1.29, 1.82) is 0 Å². The van der Waals surface area contributed by atoms with E-state index >= 15 is 0 Å². The van der Waals surface area contributed by atoms with Crippen molar-refractivity contribution >= 4 is 21.4 Å². The summed E-state index contributed by atoms with van der Waals surface area (Å²) in [5.74, 6) is 0. The number of morpholine rings is 1. The molecule has 1 unspecified atom stereocenters. The molecule has 1 aromatic carbocycles. The van der Waals surface area contributed by atoms with E-state index in [0.29, 0.717) is 24.4 Å². The molecule has 1 atom stereocenters. The van der Waals surface area contributed by atoms with Crippen LogP contribution < -0.4 is 15.8 Å². The fourth-order valence-corrected chi connectivity index (χ4v) is 3.33.